The van der Waals surface area contributed by atoms with Gasteiger partial charge in [0.05, 0.1) is 12.5 Å². The number of aliphatic carboxylic acids is 1. The van der Waals surface area contributed by atoms with Crippen LogP contribution in [0.2, 0.25) is 0 Å². The maximum Gasteiger partial charge on any atom is 0.317 e. The Hall–Kier alpha value is -1.70. The molecule has 0 bridgehead atoms. The summed E-state index contributed by atoms with van der Waals surface area (Å²) in [6.07, 6.45) is 4.04. The number of nitrogens with zero attached hydrogens (tertiary/aromatic N) is 2. The molecule has 0 radical (unpaired) electrons. The molecule has 1 atom stereocenters. The summed E-state index contributed by atoms with van der Waals surface area (Å²) in [5.74, 6) is 1.48. The minimum absolute atomic E-state index is 0.00139. The van der Waals surface area contributed by atoms with Gasteiger partial charge in [0.2, 0.25) is 0 Å². The highest BCUT2D eigenvalue weighted by Gasteiger charge is 2.28. The highest BCUT2D eigenvalue weighted by molar-refractivity contribution is 7.99. The summed E-state index contributed by atoms with van der Waals surface area (Å²) in [5, 5.41) is 11.7. The Bertz CT molecular complexity index is 452. The third kappa shape index (κ3) is 4.16. The Morgan fingerprint density at radius 3 is 3.15 bits per heavy atom. The number of thioether (sulfide) groups is 1. The number of aromatic amines is 1. The smallest absolute Gasteiger partial charge is 0.317 e. The molecular weight excluding hydrogens is 280 g/mol. The van der Waals surface area contributed by atoms with Crippen molar-refractivity contribution < 1.29 is 14.7 Å². The first-order valence-electron chi connectivity index (χ1n) is 6.49. The fourth-order valence-electron chi connectivity index (χ4n) is 2.12. The van der Waals surface area contributed by atoms with Crippen LogP contribution in [0.15, 0.2) is 12.4 Å². The van der Waals surface area contributed by atoms with Gasteiger partial charge in [-0.25, -0.2) is 9.78 Å². The van der Waals surface area contributed by atoms with Gasteiger partial charge in [0.15, 0.2) is 0 Å². The number of hydrogen-bond donors (Lipinski definition) is 3. The standard InChI is InChI=1S/C12H18N4O3S/c17-11(18)7-9-8-20-6-5-16(9)12(19)15-2-1-10-13-3-4-14-10/h3-4,9H,1-2,5-8H2,(H,13,14)(H,15,19)(H,17,18). The van der Waals surface area contributed by atoms with E-state index in [4.69, 9.17) is 5.11 Å². The van der Waals surface area contributed by atoms with Crippen molar-refractivity contribution in [3.05, 3.63) is 18.2 Å². The molecule has 1 aromatic rings. The fourth-order valence-corrected chi connectivity index (χ4v) is 3.18. The van der Waals surface area contributed by atoms with Crippen molar-refractivity contribution in [2.45, 2.75) is 18.9 Å². The average Bonchev–Trinajstić information content (AvgIpc) is 2.91. The molecule has 2 heterocycles. The van der Waals surface area contributed by atoms with Crippen molar-refractivity contribution >= 4 is 23.8 Å². The predicted molar refractivity (Wildman–Crippen MR) is 75.8 cm³/mol. The molecule has 3 N–H and O–H groups in total. The number of carbonyl (C=O) groups excluding carboxylic acids is 1. The molecule has 20 heavy (non-hydrogen) atoms. The van der Waals surface area contributed by atoms with Crippen molar-refractivity contribution in [1.29, 1.82) is 0 Å². The van der Waals surface area contributed by atoms with Gasteiger partial charge in [-0.2, -0.15) is 11.8 Å². The molecule has 1 aromatic heterocycles. The summed E-state index contributed by atoms with van der Waals surface area (Å²) in [5.41, 5.74) is 0. The molecule has 7 nitrogen and oxygen atoms in total. The number of nitrogens with one attached hydrogen (secondary N) is 2. The molecule has 0 aromatic carbocycles. The van der Waals surface area contributed by atoms with Crippen LogP contribution in [0, 0.1) is 0 Å². The van der Waals surface area contributed by atoms with E-state index in [1.807, 2.05) is 0 Å². The minimum Gasteiger partial charge on any atom is -0.481 e. The summed E-state index contributed by atoms with van der Waals surface area (Å²) in [7, 11) is 0. The van der Waals surface area contributed by atoms with Crippen LogP contribution in [0.1, 0.15) is 12.2 Å². The first-order valence-corrected chi connectivity index (χ1v) is 7.64. The number of carboxylic acid groups (broad SMARTS) is 1. The Balaban J connectivity index is 1.81. The fraction of sp³-hybridized carbons (Fsp3) is 0.583. The van der Waals surface area contributed by atoms with Gasteiger partial charge in [-0.1, -0.05) is 0 Å². The van der Waals surface area contributed by atoms with Crippen LogP contribution in [0.25, 0.3) is 0 Å². The van der Waals surface area contributed by atoms with E-state index in [1.54, 1.807) is 29.1 Å². The maximum atomic E-state index is 12.1. The monoisotopic (exact) mass is 298 g/mol. The number of carboxylic acids is 1. The molecule has 110 valence electrons. The van der Waals surface area contributed by atoms with E-state index in [0.717, 1.165) is 11.6 Å². The topological polar surface area (TPSA) is 98.3 Å². The van der Waals surface area contributed by atoms with Crippen LogP contribution >= 0.6 is 11.8 Å². The number of H-pyrrole nitrogens is 1. The van der Waals surface area contributed by atoms with E-state index >= 15 is 0 Å². The van der Waals surface area contributed by atoms with Crippen molar-refractivity contribution in [3.8, 4) is 0 Å². The van der Waals surface area contributed by atoms with E-state index in [0.29, 0.717) is 25.3 Å². The maximum absolute atomic E-state index is 12.1. The van der Waals surface area contributed by atoms with E-state index in [9.17, 15) is 9.59 Å². The van der Waals surface area contributed by atoms with Gasteiger partial charge in [0.25, 0.3) is 0 Å². The van der Waals surface area contributed by atoms with Crippen molar-refractivity contribution in [1.82, 2.24) is 20.2 Å². The molecule has 0 aliphatic carbocycles. The van der Waals surface area contributed by atoms with Crippen LogP contribution in [-0.4, -0.2) is 62.6 Å². The van der Waals surface area contributed by atoms with Gasteiger partial charge in [-0.3, -0.25) is 4.79 Å². The van der Waals surface area contributed by atoms with Crippen LogP contribution in [-0.2, 0) is 11.2 Å². The molecule has 0 spiro atoms. The molecule has 8 heteroatoms. The van der Waals surface area contributed by atoms with E-state index in [-0.39, 0.29) is 18.5 Å². The Kier molecular flexibility index (Phi) is 5.28. The highest BCUT2D eigenvalue weighted by atomic mass is 32.2. The largest absolute Gasteiger partial charge is 0.481 e. The van der Waals surface area contributed by atoms with Crippen molar-refractivity contribution in [3.63, 3.8) is 0 Å². The first-order chi connectivity index (χ1) is 9.66. The number of carbonyl (C=O) groups is 2. The van der Waals surface area contributed by atoms with Crippen LogP contribution in [0.3, 0.4) is 0 Å². The predicted octanol–water partition coefficient (Wildman–Crippen LogP) is 0.554. The Morgan fingerprint density at radius 2 is 2.45 bits per heavy atom. The van der Waals surface area contributed by atoms with Gasteiger partial charge in [0.1, 0.15) is 5.82 Å². The van der Waals surface area contributed by atoms with Gasteiger partial charge in [0, 0.05) is 43.4 Å². The van der Waals surface area contributed by atoms with E-state index in [2.05, 4.69) is 15.3 Å². The van der Waals surface area contributed by atoms with Crippen molar-refractivity contribution in [2.75, 3.05) is 24.6 Å². The van der Waals surface area contributed by atoms with Crippen LogP contribution in [0.5, 0.6) is 0 Å². The lowest BCUT2D eigenvalue weighted by Crippen LogP contribution is -2.51. The normalized spacial score (nSPS) is 18.8. The molecule has 1 fully saturated rings. The second-order valence-electron chi connectivity index (χ2n) is 4.54. The summed E-state index contributed by atoms with van der Waals surface area (Å²) >= 11 is 1.69. The zero-order chi connectivity index (χ0) is 14.4. The molecule has 1 saturated heterocycles. The number of rotatable bonds is 5. The molecule has 1 unspecified atom stereocenters. The van der Waals surface area contributed by atoms with Gasteiger partial charge in [-0.15, -0.1) is 0 Å². The molecule has 2 amide bonds. The van der Waals surface area contributed by atoms with E-state index in [1.165, 1.54) is 0 Å². The van der Waals surface area contributed by atoms with Gasteiger partial charge < -0.3 is 20.3 Å². The quantitative estimate of drug-likeness (QED) is 0.737. The Morgan fingerprint density at radius 1 is 1.60 bits per heavy atom. The lowest BCUT2D eigenvalue weighted by Gasteiger charge is -2.34. The number of aromatic nitrogens is 2. The van der Waals surface area contributed by atoms with Crippen LogP contribution in [0.4, 0.5) is 4.79 Å². The van der Waals surface area contributed by atoms with Crippen molar-refractivity contribution in [2.24, 2.45) is 0 Å². The second-order valence-corrected chi connectivity index (χ2v) is 5.69. The van der Waals surface area contributed by atoms with E-state index < -0.39 is 5.97 Å². The zero-order valence-electron chi connectivity index (χ0n) is 11.0. The summed E-state index contributed by atoms with van der Waals surface area (Å²) in [6, 6.07) is -0.419. The van der Waals surface area contributed by atoms with Gasteiger partial charge in [-0.05, 0) is 0 Å². The number of hydrogen-bond acceptors (Lipinski definition) is 4. The average molecular weight is 298 g/mol. The molecule has 2 rings (SSSR count). The third-order valence-corrected chi connectivity index (χ3v) is 4.18. The minimum atomic E-state index is -0.870. The summed E-state index contributed by atoms with van der Waals surface area (Å²) < 4.78 is 0. The first kappa shape index (κ1) is 14.7. The zero-order valence-corrected chi connectivity index (χ0v) is 11.9. The molecule has 1 aliphatic heterocycles. The highest BCUT2D eigenvalue weighted by Crippen LogP contribution is 2.18. The number of amides is 2. The second kappa shape index (κ2) is 7.18. The lowest BCUT2D eigenvalue weighted by molar-refractivity contribution is -0.137. The molecule has 0 saturated carbocycles. The molecular formula is C12H18N4O3S. The Labute approximate surface area is 121 Å². The van der Waals surface area contributed by atoms with Crippen LogP contribution < -0.4 is 5.32 Å². The lowest BCUT2D eigenvalue weighted by atomic mass is 10.2. The summed E-state index contributed by atoms with van der Waals surface area (Å²) in [4.78, 5) is 31.6. The number of urea groups is 1. The molecule has 1 aliphatic rings. The number of imidazole rings is 1. The summed E-state index contributed by atoms with van der Waals surface area (Å²) in [6.45, 7) is 1.07. The SMILES string of the molecule is O=C(O)CC1CSCCN1C(=O)NCCc1ncc[nH]1. The third-order valence-electron chi connectivity index (χ3n) is 3.09. The van der Waals surface area contributed by atoms with Gasteiger partial charge >= 0.3 is 12.0 Å².